The monoisotopic (exact) mass is 419 g/mol. The number of nitrogens with zero attached hydrogens (tertiary/aromatic N) is 1. The highest BCUT2D eigenvalue weighted by Crippen LogP contribution is 2.25. The molecule has 1 saturated heterocycles. The zero-order valence-corrected chi connectivity index (χ0v) is 17.0. The van der Waals surface area contributed by atoms with Gasteiger partial charge in [0.05, 0.1) is 10.1 Å². The molecule has 1 aliphatic heterocycles. The second-order valence-corrected chi connectivity index (χ2v) is 9.56. The predicted molar refractivity (Wildman–Crippen MR) is 108 cm³/mol. The maximum Gasteiger partial charge on any atom is 0.222 e. The fourth-order valence-electron chi connectivity index (χ4n) is 3.35. The van der Waals surface area contributed by atoms with Crippen LogP contribution in [0.25, 0.3) is 0 Å². The molecule has 0 unspecified atom stereocenters. The third-order valence-corrected chi connectivity index (χ3v) is 7.41. The van der Waals surface area contributed by atoms with Crippen molar-refractivity contribution in [1.82, 2.24) is 4.90 Å². The van der Waals surface area contributed by atoms with E-state index in [9.17, 15) is 18.0 Å². The highest BCUT2D eigenvalue weighted by Gasteiger charge is 2.35. The normalized spacial score (nSPS) is 16.9. The van der Waals surface area contributed by atoms with Crippen molar-refractivity contribution in [2.45, 2.75) is 35.8 Å². The fraction of sp³-hybridized carbons (Fsp3) is 0.333. The molecule has 7 heteroatoms. The van der Waals surface area contributed by atoms with Crippen molar-refractivity contribution in [2.75, 3.05) is 13.1 Å². The number of Topliss-reactive ketones (excluding diaryl/α,β-unsaturated/α-hetero) is 1. The van der Waals surface area contributed by atoms with Gasteiger partial charge in [0.2, 0.25) is 5.91 Å². The van der Waals surface area contributed by atoms with Crippen LogP contribution >= 0.6 is 11.6 Å². The van der Waals surface area contributed by atoms with Crippen molar-refractivity contribution < 1.29 is 18.0 Å². The van der Waals surface area contributed by atoms with Crippen molar-refractivity contribution in [3.63, 3.8) is 0 Å². The van der Waals surface area contributed by atoms with E-state index in [0.717, 1.165) is 0 Å². The lowest BCUT2D eigenvalue weighted by atomic mass is 10.1. The third kappa shape index (κ3) is 4.80. The van der Waals surface area contributed by atoms with Crippen LogP contribution in [0.3, 0.4) is 0 Å². The van der Waals surface area contributed by atoms with E-state index in [-0.39, 0.29) is 29.6 Å². The van der Waals surface area contributed by atoms with Crippen LogP contribution in [0, 0.1) is 0 Å². The van der Waals surface area contributed by atoms with Gasteiger partial charge in [0.15, 0.2) is 15.6 Å². The van der Waals surface area contributed by atoms with Crippen molar-refractivity contribution in [2.24, 2.45) is 0 Å². The molecule has 0 spiro atoms. The molecule has 1 heterocycles. The molecule has 0 aromatic heterocycles. The number of ketones is 1. The third-order valence-electron chi connectivity index (χ3n) is 4.97. The van der Waals surface area contributed by atoms with Gasteiger partial charge in [-0.25, -0.2) is 8.42 Å². The Hall–Kier alpha value is -2.18. The Balaban J connectivity index is 1.51. The average Bonchev–Trinajstić information content (AvgIpc) is 3.20. The van der Waals surface area contributed by atoms with E-state index in [4.69, 9.17) is 11.6 Å². The minimum atomic E-state index is -3.50. The van der Waals surface area contributed by atoms with Gasteiger partial charge in [-0.05, 0) is 37.1 Å². The summed E-state index contributed by atoms with van der Waals surface area (Å²) in [6.45, 7) is 0.610. The van der Waals surface area contributed by atoms with Crippen molar-refractivity contribution in [1.29, 1.82) is 0 Å². The molecular formula is C21H22ClNO4S. The van der Waals surface area contributed by atoms with Gasteiger partial charge in [-0.3, -0.25) is 9.59 Å². The van der Waals surface area contributed by atoms with Gasteiger partial charge in [0.25, 0.3) is 0 Å². The lowest BCUT2D eigenvalue weighted by Crippen LogP contribution is -2.31. The SMILES string of the molecule is O=C(CCCC(=O)N1CC[C@@H](S(=O)(=O)c2ccc(Cl)cc2)C1)c1ccccc1. The molecule has 1 aliphatic rings. The topological polar surface area (TPSA) is 71.5 Å². The molecule has 28 heavy (non-hydrogen) atoms. The van der Waals surface area contributed by atoms with E-state index < -0.39 is 15.1 Å². The summed E-state index contributed by atoms with van der Waals surface area (Å²) in [6, 6.07) is 15.1. The zero-order chi connectivity index (χ0) is 20.1. The molecule has 0 aliphatic carbocycles. The Kier molecular flexibility index (Phi) is 6.52. The summed E-state index contributed by atoms with van der Waals surface area (Å²) in [4.78, 5) is 26.3. The molecule has 1 atom stereocenters. The van der Waals surface area contributed by atoms with E-state index in [1.807, 2.05) is 18.2 Å². The molecule has 0 bridgehead atoms. The minimum absolute atomic E-state index is 0.0121. The molecule has 2 aromatic carbocycles. The second-order valence-electron chi connectivity index (χ2n) is 6.89. The van der Waals surface area contributed by atoms with Gasteiger partial charge in [0.1, 0.15) is 0 Å². The van der Waals surface area contributed by atoms with Crippen LogP contribution in [-0.2, 0) is 14.6 Å². The molecule has 3 rings (SSSR count). The standard InChI is InChI=1S/C21H22ClNO4S/c22-17-9-11-18(12-10-17)28(26,27)19-13-14-23(15-19)21(25)8-4-7-20(24)16-5-2-1-3-6-16/h1-3,5-6,9-12,19H,4,7-8,13-15H2/t19-/m1/s1. The Morgan fingerprint density at radius 1 is 1.00 bits per heavy atom. The lowest BCUT2D eigenvalue weighted by molar-refractivity contribution is -0.130. The number of halogens is 1. The van der Waals surface area contributed by atoms with Crippen LogP contribution in [0.1, 0.15) is 36.0 Å². The van der Waals surface area contributed by atoms with E-state index in [2.05, 4.69) is 0 Å². The van der Waals surface area contributed by atoms with Gasteiger partial charge in [-0.15, -0.1) is 0 Å². The summed E-state index contributed by atoms with van der Waals surface area (Å²) < 4.78 is 25.5. The van der Waals surface area contributed by atoms with Crippen LogP contribution in [0.5, 0.6) is 0 Å². The van der Waals surface area contributed by atoms with Crippen molar-refractivity contribution >= 4 is 33.1 Å². The van der Waals surface area contributed by atoms with Crippen molar-refractivity contribution in [3.8, 4) is 0 Å². The number of hydrogen-bond donors (Lipinski definition) is 0. The summed E-state index contributed by atoms with van der Waals surface area (Å²) >= 11 is 5.82. The Bertz CT molecular complexity index is 942. The summed E-state index contributed by atoms with van der Waals surface area (Å²) in [5.74, 6) is -0.0901. The Labute approximate surface area is 170 Å². The molecular weight excluding hydrogens is 398 g/mol. The number of likely N-dealkylation sites (tertiary alicyclic amines) is 1. The van der Waals surface area contributed by atoms with Crippen LogP contribution in [0.15, 0.2) is 59.5 Å². The summed E-state index contributed by atoms with van der Waals surface area (Å²) in [7, 11) is -3.50. The maximum absolute atomic E-state index is 12.7. The first-order chi connectivity index (χ1) is 13.4. The van der Waals surface area contributed by atoms with E-state index in [1.165, 1.54) is 12.1 Å². The van der Waals surface area contributed by atoms with Crippen LogP contribution in [0.2, 0.25) is 5.02 Å². The average molecular weight is 420 g/mol. The Morgan fingerprint density at radius 3 is 2.36 bits per heavy atom. The molecule has 1 amide bonds. The van der Waals surface area contributed by atoms with Gasteiger partial charge in [-0.2, -0.15) is 0 Å². The highest BCUT2D eigenvalue weighted by atomic mass is 35.5. The molecule has 0 N–H and O–H groups in total. The van der Waals surface area contributed by atoms with E-state index in [1.54, 1.807) is 29.2 Å². The fourth-order valence-corrected chi connectivity index (χ4v) is 5.17. The maximum atomic E-state index is 12.7. The number of sulfone groups is 1. The van der Waals surface area contributed by atoms with Gasteiger partial charge >= 0.3 is 0 Å². The molecule has 1 fully saturated rings. The zero-order valence-electron chi connectivity index (χ0n) is 15.4. The number of amides is 1. The minimum Gasteiger partial charge on any atom is -0.341 e. The van der Waals surface area contributed by atoms with E-state index in [0.29, 0.717) is 36.4 Å². The first kappa shape index (κ1) is 20.6. The molecule has 5 nitrogen and oxygen atoms in total. The summed E-state index contributed by atoms with van der Waals surface area (Å²) in [6.07, 6.45) is 1.42. The first-order valence-electron chi connectivity index (χ1n) is 9.23. The number of carbonyl (C=O) groups is 2. The largest absolute Gasteiger partial charge is 0.341 e. The smallest absolute Gasteiger partial charge is 0.222 e. The molecule has 0 radical (unpaired) electrons. The van der Waals surface area contributed by atoms with Gasteiger partial charge in [0, 0.05) is 36.5 Å². The van der Waals surface area contributed by atoms with Crippen LogP contribution < -0.4 is 0 Å². The van der Waals surface area contributed by atoms with Gasteiger partial charge < -0.3 is 4.90 Å². The molecule has 148 valence electrons. The molecule has 0 saturated carbocycles. The summed E-state index contributed by atoms with van der Waals surface area (Å²) in [5.41, 5.74) is 0.644. The van der Waals surface area contributed by atoms with Crippen LogP contribution in [-0.4, -0.2) is 43.3 Å². The molecule has 2 aromatic rings. The first-order valence-corrected chi connectivity index (χ1v) is 11.2. The van der Waals surface area contributed by atoms with Crippen molar-refractivity contribution in [3.05, 3.63) is 65.2 Å². The Morgan fingerprint density at radius 2 is 1.68 bits per heavy atom. The number of benzene rings is 2. The number of hydrogen-bond acceptors (Lipinski definition) is 4. The number of carbonyl (C=O) groups excluding carboxylic acids is 2. The second kappa shape index (κ2) is 8.88. The highest BCUT2D eigenvalue weighted by molar-refractivity contribution is 7.92. The van der Waals surface area contributed by atoms with Crippen LogP contribution in [0.4, 0.5) is 0 Å². The van der Waals surface area contributed by atoms with Gasteiger partial charge in [-0.1, -0.05) is 41.9 Å². The predicted octanol–water partition coefficient (Wildman–Crippen LogP) is 3.77. The quantitative estimate of drug-likeness (QED) is 0.640. The summed E-state index contributed by atoms with van der Waals surface area (Å²) in [5, 5.41) is -0.129. The number of rotatable bonds is 7. The lowest BCUT2D eigenvalue weighted by Gasteiger charge is -2.17. The van der Waals surface area contributed by atoms with E-state index >= 15 is 0 Å².